The normalized spacial score (nSPS) is 10.2. The molecule has 0 atom stereocenters. The van der Waals surface area contributed by atoms with E-state index in [1.165, 1.54) is 36.8 Å². The Morgan fingerprint density at radius 2 is 1.83 bits per heavy atom. The van der Waals surface area contributed by atoms with Crippen LogP contribution in [0.25, 0.3) is 0 Å². The van der Waals surface area contributed by atoms with Gasteiger partial charge in [-0.1, -0.05) is 44.0 Å². The van der Waals surface area contributed by atoms with E-state index in [0.717, 1.165) is 0 Å². The minimum atomic E-state index is 1.25. The van der Waals surface area contributed by atoms with Gasteiger partial charge in [-0.15, -0.1) is 0 Å². The van der Waals surface area contributed by atoms with Crippen LogP contribution in [0.1, 0.15) is 37.3 Å². The predicted molar refractivity (Wildman–Crippen MR) is 54.4 cm³/mol. The monoisotopic (exact) mass is 162 g/mol. The summed E-state index contributed by atoms with van der Waals surface area (Å²) in [5, 5.41) is 0. The Kier molecular flexibility index (Phi) is 3.86. The maximum atomic E-state index is 2.25. The molecule has 1 rings (SSSR count). The van der Waals surface area contributed by atoms with Crippen molar-refractivity contribution in [1.29, 1.82) is 0 Å². The predicted octanol–water partition coefficient (Wildman–Crippen LogP) is 3.73. The molecule has 0 aliphatic heterocycles. The van der Waals surface area contributed by atoms with Gasteiger partial charge in [-0.25, -0.2) is 0 Å². The van der Waals surface area contributed by atoms with Gasteiger partial charge in [-0.05, 0) is 30.9 Å². The van der Waals surface area contributed by atoms with Crippen LogP contribution in [0.4, 0.5) is 0 Å². The second kappa shape index (κ2) is 4.97. The van der Waals surface area contributed by atoms with Gasteiger partial charge in [0.25, 0.3) is 0 Å². The molecule has 0 bridgehead atoms. The third-order valence-corrected chi connectivity index (χ3v) is 2.31. The molecule has 0 amide bonds. The van der Waals surface area contributed by atoms with Gasteiger partial charge < -0.3 is 0 Å². The second-order valence-corrected chi connectivity index (χ2v) is 3.38. The van der Waals surface area contributed by atoms with Crippen LogP contribution in [-0.2, 0) is 6.42 Å². The molecule has 0 spiro atoms. The molecule has 0 saturated carbocycles. The van der Waals surface area contributed by atoms with E-state index in [1.54, 1.807) is 0 Å². The average Bonchev–Trinajstić information content (AvgIpc) is 2.09. The number of aryl methyl sites for hydroxylation is 2. The Bertz CT molecular complexity index is 225. The molecule has 0 heteroatoms. The zero-order valence-corrected chi connectivity index (χ0v) is 8.14. The molecule has 0 unspecified atom stereocenters. The Labute approximate surface area is 75.6 Å². The molecule has 0 aliphatic carbocycles. The molecule has 0 fully saturated rings. The molecule has 0 saturated heterocycles. The summed E-state index contributed by atoms with van der Waals surface area (Å²) in [6.45, 7) is 4.44. The third-order valence-electron chi connectivity index (χ3n) is 2.31. The van der Waals surface area contributed by atoms with E-state index in [1.807, 2.05) is 0 Å². The fourth-order valence-corrected chi connectivity index (χ4v) is 1.46. The topological polar surface area (TPSA) is 0 Å². The maximum Gasteiger partial charge on any atom is -0.0276 e. The van der Waals surface area contributed by atoms with Crippen LogP contribution in [0.5, 0.6) is 0 Å². The summed E-state index contributed by atoms with van der Waals surface area (Å²) >= 11 is 0. The van der Waals surface area contributed by atoms with Crippen LogP contribution >= 0.6 is 0 Å². The van der Waals surface area contributed by atoms with Gasteiger partial charge in [-0.2, -0.15) is 0 Å². The summed E-state index contributed by atoms with van der Waals surface area (Å²) in [5.74, 6) is 0. The Balaban J connectivity index is 2.46. The summed E-state index contributed by atoms with van der Waals surface area (Å²) in [4.78, 5) is 0. The maximum absolute atomic E-state index is 2.25. The van der Waals surface area contributed by atoms with Crippen molar-refractivity contribution in [2.75, 3.05) is 0 Å². The standard InChI is InChI=1S/C12H18/c1-3-4-5-9-12-10-7-6-8-11(12)2/h6-8,10H,3-5,9H2,1-2H3. The smallest absolute Gasteiger partial charge is 0.0276 e. The highest BCUT2D eigenvalue weighted by Gasteiger charge is 1.95. The lowest BCUT2D eigenvalue weighted by atomic mass is 10.0. The molecular weight excluding hydrogens is 144 g/mol. The lowest BCUT2D eigenvalue weighted by Gasteiger charge is -2.03. The highest BCUT2D eigenvalue weighted by Crippen LogP contribution is 2.10. The highest BCUT2D eigenvalue weighted by atomic mass is 14.0. The molecule has 0 aromatic heterocycles. The summed E-state index contributed by atoms with van der Waals surface area (Å²) in [6.07, 6.45) is 5.25. The van der Waals surface area contributed by atoms with E-state index >= 15 is 0 Å². The summed E-state index contributed by atoms with van der Waals surface area (Å²) < 4.78 is 0. The van der Waals surface area contributed by atoms with Gasteiger partial charge in [0, 0.05) is 0 Å². The number of rotatable bonds is 4. The SMILES string of the molecule is CCCCCc1ccccc1C. The van der Waals surface area contributed by atoms with Crippen LogP contribution in [0.2, 0.25) is 0 Å². The number of hydrogen-bond donors (Lipinski definition) is 0. The van der Waals surface area contributed by atoms with Crippen LogP contribution in [0.3, 0.4) is 0 Å². The van der Waals surface area contributed by atoms with Crippen LogP contribution in [0, 0.1) is 6.92 Å². The number of unbranched alkanes of at least 4 members (excludes halogenated alkanes) is 2. The zero-order valence-electron chi connectivity index (χ0n) is 8.14. The molecule has 0 radical (unpaired) electrons. The second-order valence-electron chi connectivity index (χ2n) is 3.38. The van der Waals surface area contributed by atoms with Crippen molar-refractivity contribution in [1.82, 2.24) is 0 Å². The van der Waals surface area contributed by atoms with Crippen molar-refractivity contribution < 1.29 is 0 Å². The number of benzene rings is 1. The molecule has 1 aromatic carbocycles. The van der Waals surface area contributed by atoms with Gasteiger partial charge in [0.1, 0.15) is 0 Å². The van der Waals surface area contributed by atoms with Gasteiger partial charge in [0.15, 0.2) is 0 Å². The van der Waals surface area contributed by atoms with Crippen molar-refractivity contribution in [2.24, 2.45) is 0 Å². The van der Waals surface area contributed by atoms with E-state index in [4.69, 9.17) is 0 Å². The van der Waals surface area contributed by atoms with Gasteiger partial charge in [-0.3, -0.25) is 0 Å². The van der Waals surface area contributed by atoms with Crippen molar-refractivity contribution in [3.8, 4) is 0 Å². The molecule has 0 heterocycles. The number of hydrogen-bond acceptors (Lipinski definition) is 0. The van der Waals surface area contributed by atoms with Crippen molar-refractivity contribution in [3.05, 3.63) is 35.4 Å². The Morgan fingerprint density at radius 3 is 2.50 bits per heavy atom. The minimum Gasteiger partial charge on any atom is -0.0654 e. The fourth-order valence-electron chi connectivity index (χ4n) is 1.46. The van der Waals surface area contributed by atoms with Crippen LogP contribution < -0.4 is 0 Å². The molecule has 0 nitrogen and oxygen atoms in total. The first-order valence-electron chi connectivity index (χ1n) is 4.89. The molecule has 0 N–H and O–H groups in total. The first-order valence-corrected chi connectivity index (χ1v) is 4.89. The lowest BCUT2D eigenvalue weighted by molar-refractivity contribution is 0.715. The molecule has 0 aliphatic rings. The Morgan fingerprint density at radius 1 is 1.08 bits per heavy atom. The fraction of sp³-hybridized carbons (Fsp3) is 0.500. The molecule has 1 aromatic rings. The molecule has 66 valence electrons. The first-order chi connectivity index (χ1) is 5.84. The van der Waals surface area contributed by atoms with Crippen molar-refractivity contribution >= 4 is 0 Å². The largest absolute Gasteiger partial charge is 0.0654 e. The van der Waals surface area contributed by atoms with Crippen molar-refractivity contribution in [2.45, 2.75) is 39.5 Å². The zero-order chi connectivity index (χ0) is 8.81. The van der Waals surface area contributed by atoms with Gasteiger partial charge in [0.2, 0.25) is 0 Å². The Hall–Kier alpha value is -0.780. The van der Waals surface area contributed by atoms with E-state index in [2.05, 4.69) is 38.1 Å². The van der Waals surface area contributed by atoms with Crippen LogP contribution in [0.15, 0.2) is 24.3 Å². The van der Waals surface area contributed by atoms with Gasteiger partial charge >= 0.3 is 0 Å². The van der Waals surface area contributed by atoms with E-state index in [0.29, 0.717) is 0 Å². The third kappa shape index (κ3) is 2.69. The van der Waals surface area contributed by atoms with Crippen LogP contribution in [-0.4, -0.2) is 0 Å². The summed E-state index contributed by atoms with van der Waals surface area (Å²) in [5.41, 5.74) is 2.96. The van der Waals surface area contributed by atoms with E-state index < -0.39 is 0 Å². The summed E-state index contributed by atoms with van der Waals surface area (Å²) in [6, 6.07) is 8.68. The first kappa shape index (κ1) is 9.31. The van der Waals surface area contributed by atoms with E-state index in [9.17, 15) is 0 Å². The minimum absolute atomic E-state index is 1.25. The van der Waals surface area contributed by atoms with E-state index in [-0.39, 0.29) is 0 Å². The average molecular weight is 162 g/mol. The summed E-state index contributed by atoms with van der Waals surface area (Å²) in [7, 11) is 0. The quantitative estimate of drug-likeness (QED) is 0.592. The molecule has 12 heavy (non-hydrogen) atoms. The van der Waals surface area contributed by atoms with Gasteiger partial charge in [0.05, 0.1) is 0 Å². The lowest BCUT2D eigenvalue weighted by Crippen LogP contribution is -1.88. The highest BCUT2D eigenvalue weighted by molar-refractivity contribution is 5.25. The molecular formula is C12H18. The van der Waals surface area contributed by atoms with Crippen molar-refractivity contribution in [3.63, 3.8) is 0 Å².